The summed E-state index contributed by atoms with van der Waals surface area (Å²) in [6.45, 7) is 2.78. The van der Waals surface area contributed by atoms with E-state index in [4.69, 9.17) is 11.6 Å². The number of carbonyl (C=O) groups is 1. The van der Waals surface area contributed by atoms with Crippen molar-refractivity contribution in [3.63, 3.8) is 0 Å². The zero-order valence-corrected chi connectivity index (χ0v) is 12.6. The standard InChI is InChI=1S/C16H20ClFN2O/c17-13-2-1-3-14(18)15(13)11-8-12(11)16(21)20-9-10-4-6-19-7-5-10/h1-3,10-12,19H,4-9H2,(H,20,21)/t11-,12-/m1/s1. The van der Waals surface area contributed by atoms with E-state index >= 15 is 0 Å². The molecule has 0 aromatic heterocycles. The van der Waals surface area contributed by atoms with Crippen LogP contribution >= 0.6 is 11.6 Å². The van der Waals surface area contributed by atoms with Crippen LogP contribution in [0.25, 0.3) is 0 Å². The van der Waals surface area contributed by atoms with Crippen LogP contribution in [0.15, 0.2) is 18.2 Å². The smallest absolute Gasteiger partial charge is 0.223 e. The number of halogens is 2. The SMILES string of the molecule is O=C(NCC1CCNCC1)[C@@H]1C[C@H]1c1c(F)cccc1Cl. The van der Waals surface area contributed by atoms with Gasteiger partial charge in [-0.1, -0.05) is 17.7 Å². The van der Waals surface area contributed by atoms with Crippen LogP contribution in [0, 0.1) is 17.7 Å². The maximum atomic E-state index is 13.8. The molecule has 0 bridgehead atoms. The van der Waals surface area contributed by atoms with Gasteiger partial charge in [-0.3, -0.25) is 4.79 Å². The van der Waals surface area contributed by atoms with Gasteiger partial charge in [0.1, 0.15) is 5.82 Å². The van der Waals surface area contributed by atoms with Crippen molar-refractivity contribution in [2.24, 2.45) is 11.8 Å². The maximum Gasteiger partial charge on any atom is 0.223 e. The molecular weight excluding hydrogens is 291 g/mol. The van der Waals surface area contributed by atoms with Crippen LogP contribution < -0.4 is 10.6 Å². The number of hydrogen-bond acceptors (Lipinski definition) is 2. The Bertz CT molecular complexity index is 511. The monoisotopic (exact) mass is 310 g/mol. The van der Waals surface area contributed by atoms with Crippen molar-refractivity contribution in [1.29, 1.82) is 0 Å². The fourth-order valence-electron chi connectivity index (χ4n) is 3.13. The first kappa shape index (κ1) is 14.8. The van der Waals surface area contributed by atoms with Gasteiger partial charge in [0.2, 0.25) is 5.91 Å². The number of benzene rings is 1. The lowest BCUT2D eigenvalue weighted by molar-refractivity contribution is -0.122. The van der Waals surface area contributed by atoms with Gasteiger partial charge in [0.15, 0.2) is 0 Å². The molecule has 5 heteroatoms. The minimum absolute atomic E-state index is 0.0397. The third kappa shape index (κ3) is 3.38. The number of amides is 1. The average Bonchev–Trinajstić information content (AvgIpc) is 3.26. The van der Waals surface area contributed by atoms with Gasteiger partial charge < -0.3 is 10.6 Å². The predicted molar refractivity (Wildman–Crippen MR) is 80.9 cm³/mol. The second-order valence-electron chi connectivity index (χ2n) is 6.02. The zero-order valence-electron chi connectivity index (χ0n) is 11.9. The van der Waals surface area contributed by atoms with Crippen molar-refractivity contribution in [2.75, 3.05) is 19.6 Å². The lowest BCUT2D eigenvalue weighted by Gasteiger charge is -2.22. The van der Waals surface area contributed by atoms with Crippen LogP contribution in [-0.4, -0.2) is 25.5 Å². The first-order valence-electron chi connectivity index (χ1n) is 7.59. The van der Waals surface area contributed by atoms with E-state index in [9.17, 15) is 9.18 Å². The molecule has 2 atom stereocenters. The van der Waals surface area contributed by atoms with Gasteiger partial charge >= 0.3 is 0 Å². The summed E-state index contributed by atoms with van der Waals surface area (Å²) < 4.78 is 13.8. The highest BCUT2D eigenvalue weighted by molar-refractivity contribution is 6.31. The molecular formula is C16H20ClFN2O. The van der Waals surface area contributed by atoms with E-state index in [0.717, 1.165) is 32.5 Å². The molecule has 1 aliphatic heterocycles. The summed E-state index contributed by atoms with van der Waals surface area (Å²) in [6, 6.07) is 4.68. The van der Waals surface area contributed by atoms with Gasteiger partial charge in [-0.15, -0.1) is 0 Å². The van der Waals surface area contributed by atoms with Crippen molar-refractivity contribution >= 4 is 17.5 Å². The molecule has 3 nitrogen and oxygen atoms in total. The molecule has 1 aliphatic carbocycles. The zero-order chi connectivity index (χ0) is 14.8. The van der Waals surface area contributed by atoms with Crippen molar-refractivity contribution in [2.45, 2.75) is 25.2 Å². The molecule has 2 fully saturated rings. The first-order valence-corrected chi connectivity index (χ1v) is 7.97. The molecule has 1 aromatic carbocycles. The lowest BCUT2D eigenvalue weighted by atomic mass is 9.98. The molecule has 2 aliphatic rings. The molecule has 1 saturated heterocycles. The Kier molecular flexibility index (Phi) is 4.45. The van der Waals surface area contributed by atoms with Crippen LogP contribution in [-0.2, 0) is 4.79 Å². The van der Waals surface area contributed by atoms with E-state index < -0.39 is 0 Å². The Hall–Kier alpha value is -1.13. The highest BCUT2D eigenvalue weighted by atomic mass is 35.5. The number of hydrogen-bond donors (Lipinski definition) is 2. The second kappa shape index (κ2) is 6.32. The molecule has 1 saturated carbocycles. The highest BCUT2D eigenvalue weighted by Crippen LogP contribution is 2.50. The second-order valence-corrected chi connectivity index (χ2v) is 6.43. The molecule has 21 heavy (non-hydrogen) atoms. The summed E-state index contributed by atoms with van der Waals surface area (Å²) in [6.07, 6.45) is 2.90. The van der Waals surface area contributed by atoms with Crippen LogP contribution in [0.1, 0.15) is 30.7 Å². The Morgan fingerprint density at radius 1 is 1.38 bits per heavy atom. The quantitative estimate of drug-likeness (QED) is 0.898. The van der Waals surface area contributed by atoms with E-state index in [-0.39, 0.29) is 23.6 Å². The van der Waals surface area contributed by atoms with Gasteiger partial charge in [-0.05, 0) is 50.4 Å². The maximum absolute atomic E-state index is 13.8. The molecule has 0 unspecified atom stereocenters. The van der Waals surface area contributed by atoms with E-state index in [0.29, 0.717) is 22.9 Å². The average molecular weight is 311 g/mol. The number of piperidine rings is 1. The number of nitrogens with one attached hydrogen (secondary N) is 2. The number of rotatable bonds is 4. The summed E-state index contributed by atoms with van der Waals surface area (Å²) in [7, 11) is 0. The molecule has 114 valence electrons. The van der Waals surface area contributed by atoms with Gasteiger partial charge in [0.25, 0.3) is 0 Å². The van der Waals surface area contributed by atoms with Crippen molar-refractivity contribution < 1.29 is 9.18 Å². The Morgan fingerprint density at radius 3 is 2.86 bits per heavy atom. The normalized spacial score (nSPS) is 25.6. The fourth-order valence-corrected chi connectivity index (χ4v) is 3.43. The van der Waals surface area contributed by atoms with Crippen LogP contribution in [0.4, 0.5) is 4.39 Å². The topological polar surface area (TPSA) is 41.1 Å². The van der Waals surface area contributed by atoms with Gasteiger partial charge in [0.05, 0.1) is 0 Å². The molecule has 0 radical (unpaired) electrons. The van der Waals surface area contributed by atoms with Gasteiger partial charge in [-0.25, -0.2) is 4.39 Å². The van der Waals surface area contributed by atoms with E-state index in [1.165, 1.54) is 6.07 Å². The Labute approximate surface area is 129 Å². The molecule has 0 spiro atoms. The van der Waals surface area contributed by atoms with E-state index in [1.54, 1.807) is 12.1 Å². The Balaban J connectivity index is 1.53. The molecule has 1 aromatic rings. The fraction of sp³-hybridized carbons (Fsp3) is 0.562. The summed E-state index contributed by atoms with van der Waals surface area (Å²) in [5.74, 6) is 0.108. The van der Waals surface area contributed by atoms with Crippen molar-refractivity contribution in [1.82, 2.24) is 10.6 Å². The Morgan fingerprint density at radius 2 is 2.14 bits per heavy atom. The summed E-state index contributed by atoms with van der Waals surface area (Å²) in [4.78, 5) is 12.2. The first-order chi connectivity index (χ1) is 10.2. The largest absolute Gasteiger partial charge is 0.356 e. The van der Waals surface area contributed by atoms with Gasteiger partial charge in [0, 0.05) is 29.0 Å². The van der Waals surface area contributed by atoms with E-state index in [1.807, 2.05) is 0 Å². The molecule has 2 N–H and O–H groups in total. The lowest BCUT2D eigenvalue weighted by Crippen LogP contribution is -2.36. The highest BCUT2D eigenvalue weighted by Gasteiger charge is 2.46. The van der Waals surface area contributed by atoms with Crippen molar-refractivity contribution in [3.8, 4) is 0 Å². The molecule has 1 amide bonds. The van der Waals surface area contributed by atoms with Crippen LogP contribution in [0.3, 0.4) is 0 Å². The van der Waals surface area contributed by atoms with Crippen LogP contribution in [0.5, 0.6) is 0 Å². The van der Waals surface area contributed by atoms with Crippen molar-refractivity contribution in [3.05, 3.63) is 34.6 Å². The summed E-state index contributed by atoms with van der Waals surface area (Å²) >= 11 is 6.05. The summed E-state index contributed by atoms with van der Waals surface area (Å²) in [5.41, 5.74) is 0.501. The van der Waals surface area contributed by atoms with Gasteiger partial charge in [-0.2, -0.15) is 0 Å². The molecule has 3 rings (SSSR count). The minimum Gasteiger partial charge on any atom is -0.356 e. The molecule has 1 heterocycles. The third-order valence-corrected chi connectivity index (χ3v) is 4.85. The van der Waals surface area contributed by atoms with E-state index in [2.05, 4.69) is 10.6 Å². The third-order valence-electron chi connectivity index (χ3n) is 4.52. The predicted octanol–water partition coefficient (Wildman–Crippen LogP) is 2.70. The minimum atomic E-state index is -0.304. The number of carbonyl (C=O) groups excluding carboxylic acids is 1. The summed E-state index contributed by atoms with van der Waals surface area (Å²) in [5, 5.41) is 6.75. The van der Waals surface area contributed by atoms with Crippen LogP contribution in [0.2, 0.25) is 5.02 Å².